The second kappa shape index (κ2) is 4.08. The number of Topliss-reactive ketones (excluding diaryl/α,β-unsaturated/α-hetero) is 1. The van der Waals surface area contributed by atoms with Gasteiger partial charge in [-0.25, -0.2) is 0 Å². The van der Waals surface area contributed by atoms with E-state index >= 15 is 0 Å². The summed E-state index contributed by atoms with van der Waals surface area (Å²) in [6.07, 6.45) is 7.74. The minimum Gasteiger partial charge on any atom is -0.300 e. The van der Waals surface area contributed by atoms with Gasteiger partial charge in [0.25, 0.3) is 0 Å². The highest BCUT2D eigenvalue weighted by Crippen LogP contribution is 2.45. The fraction of sp³-hybridized carbons (Fsp3) is 0.750. The monoisotopic (exact) mass is 180 g/mol. The van der Waals surface area contributed by atoms with Crippen LogP contribution in [0, 0.1) is 11.3 Å². The zero-order valence-electron chi connectivity index (χ0n) is 8.81. The molecule has 0 unspecified atom stereocenters. The SMILES string of the molecule is C=CC[C@H](C(C)=O)C1(C)CCCC1. The number of hydrogen-bond donors (Lipinski definition) is 0. The number of hydrogen-bond acceptors (Lipinski definition) is 1. The van der Waals surface area contributed by atoms with Crippen LogP contribution in [0.15, 0.2) is 12.7 Å². The molecule has 0 heterocycles. The molecule has 1 nitrogen and oxygen atoms in total. The molecule has 1 rings (SSSR count). The summed E-state index contributed by atoms with van der Waals surface area (Å²) >= 11 is 0. The second-order valence-electron chi connectivity index (χ2n) is 4.55. The third kappa shape index (κ3) is 2.20. The molecule has 0 N–H and O–H groups in total. The Bertz CT molecular complexity index is 199. The van der Waals surface area contributed by atoms with Gasteiger partial charge in [0, 0.05) is 5.92 Å². The van der Waals surface area contributed by atoms with Crippen LogP contribution >= 0.6 is 0 Å². The molecule has 1 atom stereocenters. The lowest BCUT2D eigenvalue weighted by Crippen LogP contribution is -2.29. The van der Waals surface area contributed by atoms with Crippen molar-refractivity contribution >= 4 is 5.78 Å². The van der Waals surface area contributed by atoms with Crippen LogP contribution < -0.4 is 0 Å². The van der Waals surface area contributed by atoms with Crippen molar-refractivity contribution in [2.24, 2.45) is 11.3 Å². The molecule has 1 aliphatic carbocycles. The fourth-order valence-corrected chi connectivity index (χ4v) is 2.64. The first-order chi connectivity index (χ1) is 6.10. The molecule has 0 amide bonds. The average molecular weight is 180 g/mol. The van der Waals surface area contributed by atoms with Crippen molar-refractivity contribution in [1.29, 1.82) is 0 Å². The van der Waals surface area contributed by atoms with E-state index < -0.39 is 0 Å². The molecule has 1 aliphatic rings. The first-order valence-corrected chi connectivity index (χ1v) is 5.21. The molecule has 0 aromatic rings. The van der Waals surface area contributed by atoms with Gasteiger partial charge in [-0.3, -0.25) is 4.79 Å². The molecule has 1 saturated carbocycles. The third-order valence-corrected chi connectivity index (χ3v) is 3.48. The lowest BCUT2D eigenvalue weighted by Gasteiger charge is -2.31. The molecule has 0 spiro atoms. The van der Waals surface area contributed by atoms with Gasteiger partial charge in [0.15, 0.2) is 0 Å². The van der Waals surface area contributed by atoms with E-state index in [1.165, 1.54) is 25.7 Å². The van der Waals surface area contributed by atoms with E-state index in [-0.39, 0.29) is 11.3 Å². The molecule has 0 aromatic heterocycles. The van der Waals surface area contributed by atoms with E-state index in [0.29, 0.717) is 5.78 Å². The third-order valence-electron chi connectivity index (χ3n) is 3.48. The van der Waals surface area contributed by atoms with Gasteiger partial charge in [0.05, 0.1) is 0 Å². The Morgan fingerprint density at radius 3 is 2.46 bits per heavy atom. The van der Waals surface area contributed by atoms with Crippen molar-refractivity contribution < 1.29 is 4.79 Å². The summed E-state index contributed by atoms with van der Waals surface area (Å²) in [4.78, 5) is 11.5. The predicted octanol–water partition coefficient (Wildman–Crippen LogP) is 3.35. The summed E-state index contributed by atoms with van der Waals surface area (Å²) in [6.45, 7) is 7.71. The molecule has 13 heavy (non-hydrogen) atoms. The first kappa shape index (κ1) is 10.5. The number of carbonyl (C=O) groups is 1. The Labute approximate surface area is 81.2 Å². The van der Waals surface area contributed by atoms with Crippen LogP contribution in [0.1, 0.15) is 46.0 Å². The van der Waals surface area contributed by atoms with Crippen molar-refractivity contribution in [2.45, 2.75) is 46.0 Å². The lowest BCUT2D eigenvalue weighted by molar-refractivity contribution is -0.124. The molecular weight excluding hydrogens is 160 g/mol. The van der Waals surface area contributed by atoms with Crippen molar-refractivity contribution in [3.63, 3.8) is 0 Å². The van der Waals surface area contributed by atoms with Gasteiger partial charge in [-0.15, -0.1) is 6.58 Å². The van der Waals surface area contributed by atoms with Crippen LogP contribution in [-0.2, 0) is 4.79 Å². The van der Waals surface area contributed by atoms with Crippen LogP contribution in [-0.4, -0.2) is 5.78 Å². The minimum absolute atomic E-state index is 0.215. The maximum atomic E-state index is 11.5. The van der Waals surface area contributed by atoms with Crippen molar-refractivity contribution in [3.05, 3.63) is 12.7 Å². The van der Waals surface area contributed by atoms with Gasteiger partial charge in [0.1, 0.15) is 5.78 Å². The maximum absolute atomic E-state index is 11.5. The molecule has 1 fully saturated rings. The predicted molar refractivity (Wildman–Crippen MR) is 55.6 cm³/mol. The molecule has 0 aromatic carbocycles. The second-order valence-corrected chi connectivity index (χ2v) is 4.55. The largest absolute Gasteiger partial charge is 0.300 e. The molecule has 0 aliphatic heterocycles. The van der Waals surface area contributed by atoms with Crippen LogP contribution in [0.25, 0.3) is 0 Å². The Hall–Kier alpha value is -0.590. The summed E-state index contributed by atoms with van der Waals surface area (Å²) in [5.74, 6) is 0.553. The molecule has 0 saturated heterocycles. The Morgan fingerprint density at radius 1 is 1.54 bits per heavy atom. The molecular formula is C12H20O. The molecule has 1 heteroatoms. The highest BCUT2D eigenvalue weighted by atomic mass is 16.1. The minimum atomic E-state index is 0.215. The van der Waals surface area contributed by atoms with Crippen molar-refractivity contribution in [2.75, 3.05) is 0 Å². The van der Waals surface area contributed by atoms with Crippen LogP contribution in [0.3, 0.4) is 0 Å². The van der Waals surface area contributed by atoms with E-state index in [1.807, 2.05) is 6.08 Å². The summed E-state index contributed by atoms with van der Waals surface area (Å²) in [6, 6.07) is 0. The van der Waals surface area contributed by atoms with Gasteiger partial charge in [-0.1, -0.05) is 25.8 Å². The van der Waals surface area contributed by atoms with Crippen LogP contribution in [0.5, 0.6) is 0 Å². The topological polar surface area (TPSA) is 17.1 Å². The van der Waals surface area contributed by atoms with Crippen LogP contribution in [0.2, 0.25) is 0 Å². The van der Waals surface area contributed by atoms with Gasteiger partial charge >= 0.3 is 0 Å². The van der Waals surface area contributed by atoms with E-state index in [4.69, 9.17) is 0 Å². The zero-order chi connectivity index (χ0) is 9.90. The van der Waals surface area contributed by atoms with Crippen molar-refractivity contribution in [1.82, 2.24) is 0 Å². The van der Waals surface area contributed by atoms with E-state index in [9.17, 15) is 4.79 Å². The summed E-state index contributed by atoms with van der Waals surface area (Å²) in [7, 11) is 0. The molecule has 0 bridgehead atoms. The van der Waals surface area contributed by atoms with Crippen LogP contribution in [0.4, 0.5) is 0 Å². The van der Waals surface area contributed by atoms with Gasteiger partial charge < -0.3 is 0 Å². The zero-order valence-corrected chi connectivity index (χ0v) is 8.81. The summed E-state index contributed by atoms with van der Waals surface area (Å²) in [5.41, 5.74) is 0.264. The van der Waals surface area contributed by atoms with Gasteiger partial charge in [0.2, 0.25) is 0 Å². The number of ketones is 1. The summed E-state index contributed by atoms with van der Waals surface area (Å²) < 4.78 is 0. The number of allylic oxidation sites excluding steroid dienone is 1. The van der Waals surface area contributed by atoms with Crippen molar-refractivity contribution in [3.8, 4) is 0 Å². The maximum Gasteiger partial charge on any atom is 0.133 e. The Balaban J connectivity index is 2.72. The van der Waals surface area contributed by atoms with Gasteiger partial charge in [-0.05, 0) is 31.6 Å². The number of rotatable bonds is 4. The Morgan fingerprint density at radius 2 is 2.08 bits per heavy atom. The normalized spacial score (nSPS) is 22.6. The molecule has 74 valence electrons. The Kier molecular flexibility index (Phi) is 3.29. The average Bonchev–Trinajstić information content (AvgIpc) is 2.48. The highest BCUT2D eigenvalue weighted by molar-refractivity contribution is 5.79. The smallest absolute Gasteiger partial charge is 0.133 e. The number of carbonyl (C=O) groups excluding carboxylic acids is 1. The van der Waals surface area contributed by atoms with E-state index in [1.54, 1.807) is 6.92 Å². The summed E-state index contributed by atoms with van der Waals surface area (Å²) in [5, 5.41) is 0. The molecule has 0 radical (unpaired) electrons. The first-order valence-electron chi connectivity index (χ1n) is 5.21. The highest BCUT2D eigenvalue weighted by Gasteiger charge is 2.38. The van der Waals surface area contributed by atoms with Gasteiger partial charge in [-0.2, -0.15) is 0 Å². The quantitative estimate of drug-likeness (QED) is 0.606. The lowest BCUT2D eigenvalue weighted by atomic mass is 9.72. The fourth-order valence-electron chi connectivity index (χ4n) is 2.64. The van der Waals surface area contributed by atoms with E-state index in [2.05, 4.69) is 13.5 Å². The van der Waals surface area contributed by atoms with E-state index in [0.717, 1.165) is 6.42 Å². The standard InChI is InChI=1S/C12H20O/c1-4-7-11(10(2)13)12(3)8-5-6-9-12/h4,11H,1,5-9H2,2-3H3/t11-/m1/s1.